The molecule has 3 aromatic rings. The van der Waals surface area contributed by atoms with Gasteiger partial charge in [-0.2, -0.15) is 8.42 Å². The smallest absolute Gasteiger partial charge is 0.303 e. The zero-order chi connectivity index (χ0) is 28.3. The lowest BCUT2D eigenvalue weighted by atomic mass is 10.0. The van der Waals surface area contributed by atoms with Crippen LogP contribution in [-0.4, -0.2) is 43.7 Å². The number of aromatic nitrogens is 1. The second-order valence-electron chi connectivity index (χ2n) is 8.85. The quantitative estimate of drug-likeness (QED) is 0.275. The third kappa shape index (κ3) is 6.21. The lowest BCUT2D eigenvalue weighted by Gasteiger charge is -2.35. The summed E-state index contributed by atoms with van der Waals surface area (Å²) in [7, 11) is -4.22. The Balaban J connectivity index is 1.81. The van der Waals surface area contributed by atoms with Gasteiger partial charge in [0.1, 0.15) is 17.7 Å². The van der Waals surface area contributed by atoms with Crippen molar-refractivity contribution >= 4 is 56.3 Å². The number of hydrogen-bond donors (Lipinski definition) is 1. The van der Waals surface area contributed by atoms with Crippen LogP contribution in [0.1, 0.15) is 49.7 Å². The monoisotopic (exact) mass is 594 g/mol. The maximum atomic E-state index is 14.5. The molecular formula is C27H28ClFN2O6S2. The van der Waals surface area contributed by atoms with Crippen LogP contribution in [-0.2, 0) is 21.2 Å². The van der Waals surface area contributed by atoms with Gasteiger partial charge in [-0.25, -0.2) is 9.37 Å². The zero-order valence-electron chi connectivity index (χ0n) is 21.6. The number of rotatable bonds is 10. The van der Waals surface area contributed by atoms with E-state index in [0.29, 0.717) is 22.6 Å². The van der Waals surface area contributed by atoms with Gasteiger partial charge in [-0.3, -0.25) is 9.10 Å². The second-order valence-corrected chi connectivity index (χ2v) is 12.1. The highest BCUT2D eigenvalue weighted by Crippen LogP contribution is 2.42. The number of thiazole rings is 1. The summed E-state index contributed by atoms with van der Waals surface area (Å²) in [6.45, 7) is 5.50. The summed E-state index contributed by atoms with van der Waals surface area (Å²) in [4.78, 5) is 15.6. The number of anilines is 1. The van der Waals surface area contributed by atoms with Gasteiger partial charge in [-0.1, -0.05) is 48.1 Å². The molecule has 1 aliphatic rings. The van der Waals surface area contributed by atoms with Gasteiger partial charge in [0.2, 0.25) is 10.1 Å². The van der Waals surface area contributed by atoms with Crippen molar-refractivity contribution in [1.29, 1.82) is 0 Å². The summed E-state index contributed by atoms with van der Waals surface area (Å²) in [6, 6.07) is 9.40. The molecule has 2 heterocycles. The van der Waals surface area contributed by atoms with Crippen LogP contribution in [0.5, 0.6) is 10.8 Å². The molecule has 0 saturated heterocycles. The molecule has 4 rings (SSSR count). The van der Waals surface area contributed by atoms with Crippen LogP contribution < -0.4 is 13.8 Å². The van der Waals surface area contributed by atoms with E-state index in [1.807, 2.05) is 6.92 Å². The van der Waals surface area contributed by atoms with Crippen molar-refractivity contribution in [2.45, 2.75) is 51.2 Å². The molecule has 0 saturated carbocycles. The van der Waals surface area contributed by atoms with Crippen LogP contribution in [0.2, 0.25) is 5.02 Å². The number of carboxylic acids is 1. The first-order valence-electron chi connectivity index (χ1n) is 12.4. The van der Waals surface area contributed by atoms with Gasteiger partial charge in [0.25, 0.3) is 10.0 Å². The number of benzene rings is 2. The second kappa shape index (κ2) is 11.9. The summed E-state index contributed by atoms with van der Waals surface area (Å²) < 4.78 is 55.4. The predicted molar refractivity (Wildman–Crippen MR) is 150 cm³/mol. The van der Waals surface area contributed by atoms with E-state index in [0.717, 1.165) is 0 Å². The van der Waals surface area contributed by atoms with Crippen LogP contribution in [0.25, 0.3) is 11.6 Å². The van der Waals surface area contributed by atoms with E-state index in [-0.39, 0.29) is 58.1 Å². The third-order valence-corrected chi connectivity index (χ3v) is 9.31. The summed E-state index contributed by atoms with van der Waals surface area (Å²) in [5, 5.41) is 10.0. The average Bonchev–Trinajstić information content (AvgIpc) is 3.31. The number of halogens is 2. The fraction of sp³-hybridized carbons (Fsp3) is 0.333. The molecule has 0 amide bonds. The number of sulfonamides is 1. The fourth-order valence-corrected chi connectivity index (χ4v) is 7.33. The summed E-state index contributed by atoms with van der Waals surface area (Å²) in [5.41, 5.74) is 1.66. The highest BCUT2D eigenvalue weighted by Gasteiger charge is 2.38. The van der Waals surface area contributed by atoms with Gasteiger partial charge >= 0.3 is 5.97 Å². The first kappa shape index (κ1) is 28.8. The maximum absolute atomic E-state index is 14.5. The van der Waals surface area contributed by atoms with Gasteiger partial charge in [-0.05, 0) is 62.1 Å². The summed E-state index contributed by atoms with van der Waals surface area (Å²) >= 11 is 7.41. The van der Waals surface area contributed by atoms with Crippen molar-refractivity contribution in [3.05, 3.63) is 63.4 Å². The SMILES string of the molecule is CCOc1sc(CC)nc1S(=O)(=O)N1C[C@H](CCC(=O)O)Oc2ccc(/C=C(\C)c3c(F)cccc3Cl)cc21. The lowest BCUT2D eigenvalue weighted by Crippen LogP contribution is -2.44. The lowest BCUT2D eigenvalue weighted by molar-refractivity contribution is -0.137. The number of ether oxygens (including phenoxy) is 2. The van der Waals surface area contributed by atoms with E-state index in [9.17, 15) is 17.6 Å². The topological polar surface area (TPSA) is 106 Å². The number of nitrogens with zero attached hydrogens (tertiary/aromatic N) is 2. The maximum Gasteiger partial charge on any atom is 0.303 e. The van der Waals surface area contributed by atoms with Crippen molar-refractivity contribution < 1.29 is 32.2 Å². The number of carbonyl (C=O) groups is 1. The fourth-order valence-electron chi connectivity index (χ4n) is 4.25. The Labute approximate surface area is 235 Å². The van der Waals surface area contributed by atoms with Crippen molar-refractivity contribution in [3.8, 4) is 10.8 Å². The Morgan fingerprint density at radius 1 is 1.33 bits per heavy atom. The highest BCUT2D eigenvalue weighted by molar-refractivity contribution is 7.93. The first-order chi connectivity index (χ1) is 18.5. The average molecular weight is 595 g/mol. The molecule has 0 radical (unpaired) electrons. The van der Waals surface area contributed by atoms with E-state index in [1.165, 1.54) is 27.8 Å². The summed E-state index contributed by atoms with van der Waals surface area (Å²) in [6.07, 6.45) is 1.48. The molecule has 1 aromatic heterocycles. The number of aryl methyl sites for hydroxylation is 1. The van der Waals surface area contributed by atoms with Crippen molar-refractivity contribution in [2.75, 3.05) is 17.5 Å². The number of aliphatic carboxylic acids is 1. The van der Waals surface area contributed by atoms with Gasteiger partial charge < -0.3 is 14.6 Å². The van der Waals surface area contributed by atoms with Gasteiger partial charge in [-0.15, -0.1) is 0 Å². The molecule has 1 aliphatic heterocycles. The van der Waals surface area contributed by atoms with Crippen LogP contribution in [0.4, 0.5) is 10.1 Å². The minimum absolute atomic E-state index is 0.113. The van der Waals surface area contributed by atoms with Crippen LogP contribution in [0, 0.1) is 5.82 Å². The molecule has 39 heavy (non-hydrogen) atoms. The molecule has 1 N–H and O–H groups in total. The molecule has 12 heteroatoms. The molecule has 208 valence electrons. The van der Waals surface area contributed by atoms with E-state index >= 15 is 0 Å². The van der Waals surface area contributed by atoms with E-state index in [4.69, 9.17) is 26.2 Å². The third-order valence-electron chi connectivity index (χ3n) is 6.06. The van der Waals surface area contributed by atoms with Crippen LogP contribution >= 0.6 is 22.9 Å². The first-order valence-corrected chi connectivity index (χ1v) is 15.0. The molecule has 0 spiro atoms. The van der Waals surface area contributed by atoms with Gasteiger partial charge in [0.05, 0.1) is 28.9 Å². The number of carboxylic acid groups (broad SMARTS) is 1. The van der Waals surface area contributed by atoms with Crippen molar-refractivity contribution in [1.82, 2.24) is 4.98 Å². The Morgan fingerprint density at radius 3 is 2.77 bits per heavy atom. The Bertz CT molecular complexity index is 1500. The van der Waals surface area contributed by atoms with E-state index in [2.05, 4.69) is 4.98 Å². The largest absolute Gasteiger partial charge is 0.486 e. The minimum Gasteiger partial charge on any atom is -0.486 e. The summed E-state index contributed by atoms with van der Waals surface area (Å²) in [5.74, 6) is -1.20. The van der Waals surface area contributed by atoms with Gasteiger partial charge in [0.15, 0.2) is 0 Å². The predicted octanol–water partition coefficient (Wildman–Crippen LogP) is 6.28. The van der Waals surface area contributed by atoms with Gasteiger partial charge in [0, 0.05) is 12.0 Å². The minimum atomic E-state index is -4.22. The molecule has 0 bridgehead atoms. The molecule has 0 fully saturated rings. The molecule has 0 aliphatic carbocycles. The molecule has 0 unspecified atom stereocenters. The number of allylic oxidation sites excluding steroid dienone is 1. The van der Waals surface area contributed by atoms with E-state index < -0.39 is 27.9 Å². The highest BCUT2D eigenvalue weighted by atomic mass is 35.5. The van der Waals surface area contributed by atoms with Crippen LogP contribution in [0.3, 0.4) is 0 Å². The molecule has 1 atom stereocenters. The Kier molecular flexibility index (Phi) is 8.83. The Morgan fingerprint density at radius 2 is 2.10 bits per heavy atom. The van der Waals surface area contributed by atoms with Crippen LogP contribution in [0.15, 0.2) is 41.4 Å². The Hall–Kier alpha value is -3.15. The molecule has 8 nitrogen and oxygen atoms in total. The van der Waals surface area contributed by atoms with Crippen molar-refractivity contribution in [2.24, 2.45) is 0 Å². The number of hydrogen-bond acceptors (Lipinski definition) is 7. The standard InChI is InChI=1S/C27H28ClFN2O6S2/c1-4-23-30-26(27(38-23)36-5-2)39(34,35)31-15-18(10-12-24(32)33)37-22-11-9-17(14-21(22)31)13-16(3)25-19(28)7-6-8-20(25)29/h6-9,11,13-14,18H,4-5,10,12,15H2,1-3H3,(H,32,33)/b16-13+/t18-/m0/s1. The molecule has 2 aromatic carbocycles. The normalized spacial score (nSPS) is 15.6. The van der Waals surface area contributed by atoms with E-state index in [1.54, 1.807) is 44.2 Å². The number of fused-ring (bicyclic) bond motifs is 1. The molecular weight excluding hydrogens is 567 g/mol. The van der Waals surface area contributed by atoms with Crippen molar-refractivity contribution in [3.63, 3.8) is 0 Å². The zero-order valence-corrected chi connectivity index (χ0v) is 24.0.